The number of carbonyl (C=O) groups excluding carboxylic acids is 1. The fourth-order valence-electron chi connectivity index (χ4n) is 1.53. The summed E-state index contributed by atoms with van der Waals surface area (Å²) in [4.78, 5) is 22.8. The van der Waals surface area contributed by atoms with Crippen LogP contribution >= 0.6 is 23.1 Å². The third-order valence-corrected chi connectivity index (χ3v) is 4.89. The molecule has 0 bridgehead atoms. The molecule has 23 heavy (non-hydrogen) atoms. The third-order valence-electron chi connectivity index (χ3n) is 2.62. The van der Waals surface area contributed by atoms with Crippen molar-refractivity contribution in [1.82, 2.24) is 10.2 Å². The van der Waals surface area contributed by atoms with Crippen LogP contribution in [0.15, 0.2) is 28.6 Å². The van der Waals surface area contributed by atoms with E-state index in [-0.39, 0.29) is 5.13 Å². The van der Waals surface area contributed by atoms with Crippen LogP contribution in [0.1, 0.15) is 13.3 Å². The lowest BCUT2D eigenvalue weighted by atomic mass is 10.3. The second-order valence-corrected chi connectivity index (χ2v) is 6.74. The Kier molecular flexibility index (Phi) is 5.88. The van der Waals surface area contributed by atoms with Crippen molar-refractivity contribution in [3.63, 3.8) is 0 Å². The molecule has 1 aromatic heterocycles. The largest absolute Gasteiger partial charge is 0.480 e. The monoisotopic (exact) mass is 356 g/mol. The minimum absolute atomic E-state index is 0.243. The van der Waals surface area contributed by atoms with E-state index in [9.17, 15) is 14.0 Å². The number of rotatable bonds is 6. The third kappa shape index (κ3) is 5.18. The van der Waals surface area contributed by atoms with Crippen LogP contribution in [0.25, 0.3) is 0 Å². The van der Waals surface area contributed by atoms with Crippen molar-refractivity contribution in [2.45, 2.75) is 22.9 Å². The smallest absolute Gasteiger partial charge is 0.325 e. The summed E-state index contributed by atoms with van der Waals surface area (Å²) in [5.74, 6) is -1.32. The van der Waals surface area contributed by atoms with Crippen molar-refractivity contribution < 1.29 is 19.1 Å². The zero-order valence-electron chi connectivity index (χ0n) is 11.9. The number of amides is 2. The van der Waals surface area contributed by atoms with E-state index >= 15 is 0 Å². The fraction of sp³-hybridized carbons (Fsp3) is 0.231. The molecule has 0 radical (unpaired) electrons. The highest BCUT2D eigenvalue weighted by molar-refractivity contribution is 8.02. The van der Waals surface area contributed by atoms with Crippen molar-refractivity contribution in [2.24, 2.45) is 0 Å². The van der Waals surface area contributed by atoms with Gasteiger partial charge in [-0.3, -0.25) is 10.1 Å². The van der Waals surface area contributed by atoms with Gasteiger partial charge in [-0.05, 0) is 30.7 Å². The van der Waals surface area contributed by atoms with E-state index in [2.05, 4.69) is 20.8 Å². The lowest BCUT2D eigenvalue weighted by Gasteiger charge is -2.05. The molecule has 10 heteroatoms. The lowest BCUT2D eigenvalue weighted by Crippen LogP contribution is -2.19. The molecule has 122 valence electrons. The molecule has 1 aromatic carbocycles. The average Bonchev–Trinajstić information content (AvgIpc) is 2.94. The number of carbonyl (C=O) groups is 2. The molecule has 2 amide bonds. The summed E-state index contributed by atoms with van der Waals surface area (Å²) in [6.07, 6.45) is 0.452. The first-order valence-corrected chi connectivity index (χ1v) is 8.24. The van der Waals surface area contributed by atoms with Gasteiger partial charge in [-0.15, -0.1) is 10.2 Å². The number of carboxylic acids is 1. The summed E-state index contributed by atoms with van der Waals surface area (Å²) >= 11 is 2.16. The molecule has 0 aliphatic carbocycles. The van der Waals surface area contributed by atoms with Gasteiger partial charge >= 0.3 is 12.0 Å². The number of thioether (sulfide) groups is 1. The van der Waals surface area contributed by atoms with Gasteiger partial charge in [0.05, 0.1) is 0 Å². The quantitative estimate of drug-likeness (QED) is 0.542. The summed E-state index contributed by atoms with van der Waals surface area (Å²) in [6.45, 7) is 1.77. The van der Waals surface area contributed by atoms with Crippen LogP contribution in [-0.2, 0) is 4.79 Å². The van der Waals surface area contributed by atoms with Crippen molar-refractivity contribution >= 4 is 45.9 Å². The minimum Gasteiger partial charge on any atom is -0.480 e. The highest BCUT2D eigenvalue weighted by Crippen LogP contribution is 2.30. The molecule has 7 nitrogen and oxygen atoms in total. The van der Waals surface area contributed by atoms with Crippen molar-refractivity contribution in [3.8, 4) is 0 Å². The normalized spacial score (nSPS) is 11.7. The van der Waals surface area contributed by atoms with Crippen molar-refractivity contribution in [2.75, 3.05) is 10.6 Å². The van der Waals surface area contributed by atoms with Crippen LogP contribution < -0.4 is 10.6 Å². The second-order valence-electron chi connectivity index (χ2n) is 4.31. The highest BCUT2D eigenvalue weighted by Gasteiger charge is 2.19. The van der Waals surface area contributed by atoms with E-state index in [1.165, 1.54) is 24.3 Å². The Balaban J connectivity index is 1.91. The van der Waals surface area contributed by atoms with Crippen molar-refractivity contribution in [1.29, 1.82) is 0 Å². The van der Waals surface area contributed by atoms with Crippen LogP contribution in [0.4, 0.5) is 20.0 Å². The predicted octanol–water partition coefficient (Wildman–Crippen LogP) is 3.28. The Labute approximate surface area is 139 Å². The average molecular weight is 356 g/mol. The molecule has 1 heterocycles. The maximum atomic E-state index is 12.8. The molecule has 0 saturated heterocycles. The Bertz CT molecular complexity index is 693. The number of anilines is 2. The Morgan fingerprint density at radius 2 is 2.00 bits per heavy atom. The van der Waals surface area contributed by atoms with Crippen LogP contribution in [-0.4, -0.2) is 32.6 Å². The summed E-state index contributed by atoms with van der Waals surface area (Å²) in [7, 11) is 0. The zero-order valence-corrected chi connectivity index (χ0v) is 13.6. The molecule has 0 spiro atoms. The molecule has 0 aliphatic heterocycles. The van der Waals surface area contributed by atoms with Crippen molar-refractivity contribution in [3.05, 3.63) is 30.1 Å². The number of urea groups is 1. The molecule has 2 rings (SSSR count). The summed E-state index contributed by atoms with van der Waals surface area (Å²) in [6, 6.07) is 4.76. The van der Waals surface area contributed by atoms with Gasteiger partial charge in [-0.1, -0.05) is 30.0 Å². The number of halogens is 1. The second kappa shape index (κ2) is 7.88. The van der Waals surface area contributed by atoms with Gasteiger partial charge in [-0.25, -0.2) is 9.18 Å². The standard InChI is InChI=1S/C13H13FN4O3S2/c1-2-9(10(19)20)22-13-18-17-12(23-13)16-11(21)15-8-5-3-7(14)4-6-8/h3-6,9H,2H2,1H3,(H,19,20)(H2,15,16,17,21)/t9-/m1/s1. The van der Waals surface area contributed by atoms with Crippen LogP contribution in [0.3, 0.4) is 0 Å². The van der Waals surface area contributed by atoms with E-state index in [1.807, 2.05) is 0 Å². The number of carboxylic acid groups (broad SMARTS) is 1. The number of aromatic nitrogens is 2. The SMILES string of the molecule is CC[C@@H](Sc1nnc(NC(=O)Nc2ccc(F)cc2)s1)C(=O)O. The van der Waals surface area contributed by atoms with Crippen LogP contribution in [0.5, 0.6) is 0 Å². The molecular formula is C13H13FN4O3S2. The summed E-state index contributed by atoms with van der Waals surface area (Å²) in [5, 5.41) is 21.3. The molecule has 0 fully saturated rings. The van der Waals surface area contributed by atoms with Gasteiger partial charge in [0.1, 0.15) is 11.1 Å². The van der Waals surface area contributed by atoms with Crippen LogP contribution in [0, 0.1) is 5.82 Å². The topological polar surface area (TPSA) is 104 Å². The number of aliphatic carboxylic acids is 1. The minimum atomic E-state index is -0.920. The van der Waals surface area contributed by atoms with Crippen LogP contribution in [0.2, 0.25) is 0 Å². The molecular weight excluding hydrogens is 343 g/mol. The van der Waals surface area contributed by atoms with E-state index in [4.69, 9.17) is 5.11 Å². The lowest BCUT2D eigenvalue weighted by molar-refractivity contribution is -0.136. The number of nitrogens with one attached hydrogen (secondary N) is 2. The van der Waals surface area contributed by atoms with E-state index in [0.717, 1.165) is 23.1 Å². The Hall–Kier alpha value is -2.20. The first kappa shape index (κ1) is 17.2. The van der Waals surface area contributed by atoms with Gasteiger partial charge < -0.3 is 10.4 Å². The zero-order chi connectivity index (χ0) is 16.8. The predicted molar refractivity (Wildman–Crippen MR) is 86.5 cm³/mol. The van der Waals surface area contributed by atoms with E-state index in [0.29, 0.717) is 16.4 Å². The van der Waals surface area contributed by atoms with Gasteiger partial charge in [-0.2, -0.15) is 0 Å². The number of hydrogen-bond donors (Lipinski definition) is 3. The maximum absolute atomic E-state index is 12.8. The molecule has 0 unspecified atom stereocenters. The highest BCUT2D eigenvalue weighted by atomic mass is 32.2. The molecule has 2 aromatic rings. The van der Waals surface area contributed by atoms with Gasteiger partial charge in [0.15, 0.2) is 4.34 Å². The Morgan fingerprint density at radius 3 is 2.61 bits per heavy atom. The summed E-state index contributed by atoms with van der Waals surface area (Å²) < 4.78 is 13.2. The molecule has 3 N–H and O–H groups in total. The number of nitrogens with zero attached hydrogens (tertiary/aromatic N) is 2. The van der Waals surface area contributed by atoms with Gasteiger partial charge in [0.2, 0.25) is 5.13 Å². The van der Waals surface area contributed by atoms with E-state index < -0.39 is 23.1 Å². The molecule has 1 atom stereocenters. The first-order chi connectivity index (χ1) is 11.0. The fourth-order valence-corrected chi connectivity index (χ4v) is 3.38. The first-order valence-electron chi connectivity index (χ1n) is 6.54. The number of benzene rings is 1. The maximum Gasteiger partial charge on any atom is 0.325 e. The molecule has 0 saturated carbocycles. The Morgan fingerprint density at radius 1 is 1.30 bits per heavy atom. The number of hydrogen-bond acceptors (Lipinski definition) is 6. The summed E-state index contributed by atoms with van der Waals surface area (Å²) in [5.41, 5.74) is 0.430. The van der Waals surface area contributed by atoms with E-state index in [1.54, 1.807) is 6.92 Å². The van der Waals surface area contributed by atoms with Gasteiger partial charge in [0, 0.05) is 5.69 Å². The van der Waals surface area contributed by atoms with Gasteiger partial charge in [0.25, 0.3) is 0 Å². The molecule has 0 aliphatic rings.